The van der Waals surface area contributed by atoms with Crippen LogP contribution in [-0.4, -0.2) is 65.3 Å². The van der Waals surface area contributed by atoms with Crippen molar-refractivity contribution in [1.29, 1.82) is 5.41 Å². The summed E-state index contributed by atoms with van der Waals surface area (Å²) in [5.74, 6) is -0.221. The van der Waals surface area contributed by atoms with E-state index in [2.05, 4.69) is 21.2 Å². The van der Waals surface area contributed by atoms with Crippen LogP contribution in [0.3, 0.4) is 0 Å². The highest BCUT2D eigenvalue weighted by Crippen LogP contribution is 2.24. The van der Waals surface area contributed by atoms with Crippen molar-refractivity contribution in [2.45, 2.75) is 58.9 Å². The van der Waals surface area contributed by atoms with E-state index >= 15 is 0 Å². The molecule has 0 aliphatic carbocycles. The van der Waals surface area contributed by atoms with Crippen LogP contribution in [0, 0.1) is 5.41 Å². The van der Waals surface area contributed by atoms with Crippen LogP contribution in [0.4, 0.5) is 0 Å². The number of halogens is 1. The number of hydrogen-bond acceptors (Lipinski definition) is 7. The second-order valence-electron chi connectivity index (χ2n) is 9.29. The zero-order valence-electron chi connectivity index (χ0n) is 22.6. The third-order valence-corrected chi connectivity index (χ3v) is 7.25. The van der Waals surface area contributed by atoms with Crippen LogP contribution in [0.1, 0.15) is 52.9 Å². The largest absolute Gasteiger partial charge is 0.404 e. The molecule has 0 spiro atoms. The predicted molar refractivity (Wildman–Crippen MR) is 156 cm³/mol. The minimum absolute atomic E-state index is 0.0441. The molecule has 0 bridgehead atoms. The van der Waals surface area contributed by atoms with Crippen molar-refractivity contribution in [3.63, 3.8) is 0 Å². The number of amides is 2. The van der Waals surface area contributed by atoms with E-state index in [9.17, 15) is 9.59 Å². The lowest BCUT2D eigenvalue weighted by molar-refractivity contribution is -0.129. The number of hydrogen-bond donors (Lipinski definition) is 5. The molecule has 2 rings (SSSR count). The van der Waals surface area contributed by atoms with Crippen LogP contribution in [0.25, 0.3) is 0 Å². The van der Waals surface area contributed by atoms with Crippen LogP contribution in [0.5, 0.6) is 0 Å². The number of hydroxylamine groups is 1. The lowest BCUT2D eigenvalue weighted by atomic mass is 9.96. The smallest absolute Gasteiger partial charge is 0.256 e. The Morgan fingerprint density at radius 3 is 2.29 bits per heavy atom. The summed E-state index contributed by atoms with van der Waals surface area (Å²) in [7, 11) is 0. The van der Waals surface area contributed by atoms with Crippen LogP contribution < -0.4 is 16.5 Å². The van der Waals surface area contributed by atoms with Crippen molar-refractivity contribution < 1.29 is 14.8 Å². The molecule has 0 aromatic rings. The highest BCUT2D eigenvalue weighted by Gasteiger charge is 2.28. The molecular formula is C28H41BrN6O3. The Morgan fingerprint density at radius 2 is 1.71 bits per heavy atom. The fourth-order valence-corrected chi connectivity index (χ4v) is 5.17. The Kier molecular flexibility index (Phi) is 13.1. The van der Waals surface area contributed by atoms with E-state index in [0.29, 0.717) is 39.9 Å². The van der Waals surface area contributed by atoms with Gasteiger partial charge in [-0.1, -0.05) is 28.1 Å². The quantitative estimate of drug-likeness (QED) is 0.113. The van der Waals surface area contributed by atoms with Gasteiger partial charge in [-0.2, -0.15) is 0 Å². The molecule has 38 heavy (non-hydrogen) atoms. The Morgan fingerprint density at radius 1 is 1.03 bits per heavy atom. The minimum atomic E-state index is -0.177. The standard InChI is InChI=1S/C28H41BrN6O3/c1-4-21(17-30)24(5-2)26(18-31)28(37)35-15-9-10-23(19-35)33-20(3)25(16-22(29)11-12-32-38)27(36)34-13-7-6-8-14-34/h4-5,11-12,16-18,23,30,32-33,38H,6-10,13-15,19,31H2,1-3H3/b12-11+,21-4-,22-16+,24-5+,25-20-,26-18-,30-17?. The molecule has 1 atom stereocenters. The van der Waals surface area contributed by atoms with Gasteiger partial charge in [0, 0.05) is 61.0 Å². The molecule has 0 saturated carbocycles. The first-order valence-corrected chi connectivity index (χ1v) is 13.9. The summed E-state index contributed by atoms with van der Waals surface area (Å²) in [6.07, 6.45) is 15.6. The van der Waals surface area contributed by atoms with Gasteiger partial charge in [-0.15, -0.1) is 0 Å². The van der Waals surface area contributed by atoms with Crippen LogP contribution in [0.2, 0.25) is 0 Å². The molecule has 2 amide bonds. The number of nitrogens with two attached hydrogens (primary N) is 1. The van der Waals surface area contributed by atoms with Gasteiger partial charge in [0.15, 0.2) is 0 Å². The average Bonchev–Trinajstić information content (AvgIpc) is 2.94. The van der Waals surface area contributed by atoms with Gasteiger partial charge in [0.05, 0.1) is 11.1 Å². The summed E-state index contributed by atoms with van der Waals surface area (Å²) >= 11 is 3.46. The predicted octanol–water partition coefficient (Wildman–Crippen LogP) is 4.01. The molecule has 9 nitrogen and oxygen atoms in total. The van der Waals surface area contributed by atoms with Gasteiger partial charge in [0.2, 0.25) is 0 Å². The number of allylic oxidation sites excluding steroid dienone is 6. The Hall–Kier alpha value is -3.11. The number of piperidine rings is 2. The number of nitrogens with one attached hydrogen (secondary N) is 3. The SMILES string of the molecule is C\C=C(C=N)/C(=C\C)C(=C/N)/C(=O)N1CCCC(N/C(C)=C(/C=C(Br)\C=C\NO)C(=O)N2CCCCC2)C1. The van der Waals surface area contributed by atoms with Gasteiger partial charge in [-0.25, -0.2) is 0 Å². The van der Waals surface area contributed by atoms with Crippen molar-refractivity contribution in [2.24, 2.45) is 5.73 Å². The maximum absolute atomic E-state index is 13.5. The highest BCUT2D eigenvalue weighted by atomic mass is 79.9. The van der Waals surface area contributed by atoms with Gasteiger partial charge in [0.25, 0.3) is 11.8 Å². The van der Waals surface area contributed by atoms with E-state index in [4.69, 9.17) is 16.4 Å². The van der Waals surface area contributed by atoms with E-state index in [1.165, 1.54) is 18.6 Å². The van der Waals surface area contributed by atoms with Crippen LogP contribution in [-0.2, 0) is 9.59 Å². The molecule has 2 heterocycles. The molecule has 10 heteroatoms. The Balaban J connectivity index is 2.29. The van der Waals surface area contributed by atoms with Gasteiger partial charge < -0.3 is 26.3 Å². The topological polar surface area (TPSA) is 135 Å². The molecular weight excluding hydrogens is 548 g/mol. The second kappa shape index (κ2) is 16.0. The van der Waals surface area contributed by atoms with E-state index in [1.807, 2.05) is 31.2 Å². The number of nitrogens with zero attached hydrogens (tertiary/aromatic N) is 2. The number of rotatable bonds is 10. The highest BCUT2D eigenvalue weighted by molar-refractivity contribution is 9.11. The van der Waals surface area contributed by atoms with Crippen molar-refractivity contribution in [2.75, 3.05) is 26.2 Å². The third kappa shape index (κ3) is 8.46. The van der Waals surface area contributed by atoms with Crippen LogP contribution >= 0.6 is 15.9 Å². The molecule has 0 radical (unpaired) electrons. The molecule has 1 unspecified atom stereocenters. The normalized spacial score (nSPS) is 20.8. The van der Waals surface area contributed by atoms with Crippen LogP contribution in [0.15, 0.2) is 69.2 Å². The summed E-state index contributed by atoms with van der Waals surface area (Å²) in [5.41, 5.74) is 10.8. The first-order valence-electron chi connectivity index (χ1n) is 13.1. The molecule has 0 aromatic heterocycles. The molecule has 6 N–H and O–H groups in total. The summed E-state index contributed by atoms with van der Waals surface area (Å²) in [5, 5.41) is 20.1. The van der Waals surface area contributed by atoms with E-state index in [-0.39, 0.29) is 17.9 Å². The fourth-order valence-electron chi connectivity index (χ4n) is 4.80. The van der Waals surface area contributed by atoms with E-state index in [0.717, 1.165) is 50.9 Å². The number of carbonyl (C=O) groups is 2. The van der Waals surface area contributed by atoms with E-state index in [1.54, 1.807) is 29.2 Å². The van der Waals surface area contributed by atoms with Gasteiger partial charge in [-0.3, -0.25) is 20.3 Å². The molecule has 2 aliphatic rings. The first-order chi connectivity index (χ1) is 18.3. The van der Waals surface area contributed by atoms with Crippen molar-refractivity contribution in [3.05, 3.63) is 69.2 Å². The Labute approximate surface area is 234 Å². The lowest BCUT2D eigenvalue weighted by Gasteiger charge is -2.35. The maximum atomic E-state index is 13.5. The maximum Gasteiger partial charge on any atom is 0.256 e. The van der Waals surface area contributed by atoms with Crippen molar-refractivity contribution >= 4 is 34.0 Å². The van der Waals surface area contributed by atoms with Gasteiger partial charge in [0.1, 0.15) is 0 Å². The average molecular weight is 590 g/mol. The molecule has 0 aromatic carbocycles. The summed E-state index contributed by atoms with van der Waals surface area (Å²) in [6, 6.07) is -0.0457. The summed E-state index contributed by atoms with van der Waals surface area (Å²) < 4.78 is 0.628. The fraction of sp³-hybridized carbons (Fsp3) is 0.464. The van der Waals surface area contributed by atoms with Gasteiger partial charge >= 0.3 is 0 Å². The van der Waals surface area contributed by atoms with Gasteiger partial charge in [-0.05, 0) is 76.2 Å². The monoisotopic (exact) mass is 588 g/mol. The van der Waals surface area contributed by atoms with Crippen molar-refractivity contribution in [3.8, 4) is 0 Å². The summed E-state index contributed by atoms with van der Waals surface area (Å²) in [6.45, 7) is 8.06. The third-order valence-electron chi connectivity index (χ3n) is 6.76. The summed E-state index contributed by atoms with van der Waals surface area (Å²) in [4.78, 5) is 30.6. The molecule has 2 fully saturated rings. The molecule has 2 saturated heterocycles. The molecule has 2 aliphatic heterocycles. The molecule has 208 valence electrons. The zero-order chi connectivity index (χ0) is 28.1. The zero-order valence-corrected chi connectivity index (χ0v) is 24.2. The second-order valence-corrected chi connectivity index (χ2v) is 10.2. The minimum Gasteiger partial charge on any atom is -0.404 e. The van der Waals surface area contributed by atoms with Crippen molar-refractivity contribution in [1.82, 2.24) is 20.6 Å². The first kappa shape index (κ1) is 31.1. The van der Waals surface area contributed by atoms with E-state index < -0.39 is 0 Å². The lowest BCUT2D eigenvalue weighted by Crippen LogP contribution is -2.48. The Bertz CT molecular complexity index is 1050. The number of likely N-dealkylation sites (tertiary alicyclic amines) is 2. The number of carbonyl (C=O) groups excluding carboxylic acids is 2.